The summed E-state index contributed by atoms with van der Waals surface area (Å²) in [4.78, 5) is 10.2. The molecule has 0 unspecified atom stereocenters. The van der Waals surface area contributed by atoms with Crippen LogP contribution in [0.3, 0.4) is 0 Å². The molecule has 0 spiro atoms. The van der Waals surface area contributed by atoms with Crippen molar-refractivity contribution in [2.75, 3.05) is 12.3 Å². The van der Waals surface area contributed by atoms with Crippen LogP contribution < -0.4 is 0 Å². The normalized spacial score (nSPS) is 14.9. The quantitative estimate of drug-likeness (QED) is 0.836. The van der Waals surface area contributed by atoms with Crippen LogP contribution in [0.15, 0.2) is 29.3 Å². The van der Waals surface area contributed by atoms with E-state index in [4.69, 9.17) is 0 Å². The topological polar surface area (TPSA) is 25.2 Å². The van der Waals surface area contributed by atoms with Crippen molar-refractivity contribution >= 4 is 28.1 Å². The molecule has 2 nitrogen and oxygen atoms in total. The van der Waals surface area contributed by atoms with E-state index < -0.39 is 0 Å². The molecule has 2 aromatic rings. The predicted octanol–water partition coefficient (Wildman–Crippen LogP) is 3.75. The van der Waals surface area contributed by atoms with Crippen LogP contribution in [0.5, 0.6) is 0 Å². The Labute approximate surface area is 113 Å². The number of hydrogen-bond donors (Lipinski definition) is 0. The highest BCUT2D eigenvalue weighted by molar-refractivity contribution is 8.15. The van der Waals surface area contributed by atoms with Crippen LogP contribution in [0.4, 0.5) is 4.39 Å². The number of benzene rings is 1. The molecule has 0 amide bonds. The van der Waals surface area contributed by atoms with Gasteiger partial charge in [-0.05, 0) is 31.2 Å². The number of thioether (sulfide) groups is 1. The lowest BCUT2D eigenvalue weighted by molar-refractivity contribution is 0.628. The molecule has 3 rings (SSSR count). The van der Waals surface area contributed by atoms with E-state index in [0.29, 0.717) is 0 Å². The summed E-state index contributed by atoms with van der Waals surface area (Å²) in [5.41, 5.74) is 1.96. The second-order valence-corrected chi connectivity index (χ2v) is 6.06. The van der Waals surface area contributed by atoms with Crippen LogP contribution in [0.25, 0.3) is 10.6 Å². The Bertz CT molecular complexity index is 602. The molecule has 0 fully saturated rings. The second kappa shape index (κ2) is 4.82. The van der Waals surface area contributed by atoms with Gasteiger partial charge >= 0.3 is 0 Å². The maximum atomic E-state index is 12.9. The summed E-state index contributed by atoms with van der Waals surface area (Å²) in [5, 5.41) is 2.02. The monoisotopic (exact) mass is 278 g/mol. The van der Waals surface area contributed by atoms with Crippen molar-refractivity contribution < 1.29 is 4.39 Å². The van der Waals surface area contributed by atoms with Crippen molar-refractivity contribution in [3.8, 4) is 10.6 Å². The van der Waals surface area contributed by atoms with Crippen LogP contribution in [0.2, 0.25) is 0 Å². The minimum absolute atomic E-state index is 0.219. The third-order valence-corrected chi connectivity index (χ3v) is 5.00. The van der Waals surface area contributed by atoms with Gasteiger partial charge in [0.25, 0.3) is 0 Å². The van der Waals surface area contributed by atoms with E-state index in [2.05, 4.69) is 9.98 Å². The third-order valence-electron chi connectivity index (χ3n) is 2.67. The summed E-state index contributed by atoms with van der Waals surface area (Å²) in [6, 6.07) is 6.46. The van der Waals surface area contributed by atoms with Crippen molar-refractivity contribution in [1.82, 2.24) is 4.98 Å². The van der Waals surface area contributed by atoms with Crippen LogP contribution in [-0.2, 0) is 0 Å². The molecular weight excluding hydrogens is 267 g/mol. The largest absolute Gasteiger partial charge is 0.276 e. The highest BCUT2D eigenvalue weighted by Gasteiger charge is 2.17. The van der Waals surface area contributed by atoms with Gasteiger partial charge in [-0.3, -0.25) is 4.99 Å². The number of aliphatic imine (C=N–C) groups is 1. The molecule has 2 heterocycles. The summed E-state index contributed by atoms with van der Waals surface area (Å²) < 4.78 is 12.9. The number of aryl methyl sites for hydroxylation is 1. The second-order valence-electron chi connectivity index (χ2n) is 3.98. The molecule has 1 aliphatic heterocycles. The molecule has 1 aromatic carbocycles. The van der Waals surface area contributed by atoms with Gasteiger partial charge in [-0.25, -0.2) is 9.37 Å². The maximum absolute atomic E-state index is 12.9. The van der Waals surface area contributed by atoms with Gasteiger partial charge in [-0.2, -0.15) is 0 Å². The van der Waals surface area contributed by atoms with Crippen molar-refractivity contribution in [3.05, 3.63) is 40.7 Å². The van der Waals surface area contributed by atoms with Crippen molar-refractivity contribution in [2.24, 2.45) is 4.99 Å². The standard InChI is InChI=1S/C13H11FN2S2/c1-8-11(13-15-6-7-17-13)18-12(16-8)9-2-4-10(14)5-3-9/h2-5H,6-7H2,1H3. The van der Waals surface area contributed by atoms with Gasteiger partial charge in [-0.1, -0.05) is 0 Å². The lowest BCUT2D eigenvalue weighted by Crippen LogP contribution is -1.90. The lowest BCUT2D eigenvalue weighted by atomic mass is 10.2. The van der Waals surface area contributed by atoms with Gasteiger partial charge in [0.2, 0.25) is 0 Å². The first-order valence-electron chi connectivity index (χ1n) is 5.65. The van der Waals surface area contributed by atoms with Gasteiger partial charge in [0, 0.05) is 17.9 Å². The van der Waals surface area contributed by atoms with E-state index in [1.54, 1.807) is 35.2 Å². The van der Waals surface area contributed by atoms with Crippen molar-refractivity contribution in [3.63, 3.8) is 0 Å². The molecule has 0 atom stereocenters. The number of nitrogens with zero attached hydrogens (tertiary/aromatic N) is 2. The number of rotatable bonds is 2. The number of aromatic nitrogens is 1. The molecule has 1 aromatic heterocycles. The van der Waals surface area contributed by atoms with Gasteiger partial charge in [0.15, 0.2) is 0 Å². The average molecular weight is 278 g/mol. The van der Waals surface area contributed by atoms with Gasteiger partial charge in [0.1, 0.15) is 15.9 Å². The molecule has 1 aliphatic rings. The first kappa shape index (κ1) is 11.9. The smallest absolute Gasteiger partial charge is 0.124 e. The Morgan fingerprint density at radius 2 is 2.00 bits per heavy atom. The van der Waals surface area contributed by atoms with Crippen LogP contribution in [-0.4, -0.2) is 22.3 Å². The van der Waals surface area contributed by atoms with Gasteiger partial charge in [-0.15, -0.1) is 23.1 Å². The Kier molecular flexibility index (Phi) is 3.18. The zero-order valence-corrected chi connectivity index (χ0v) is 11.4. The highest BCUT2D eigenvalue weighted by Crippen LogP contribution is 2.32. The first-order valence-corrected chi connectivity index (χ1v) is 7.45. The molecule has 0 radical (unpaired) electrons. The summed E-state index contributed by atoms with van der Waals surface area (Å²) in [5.74, 6) is 0.835. The Balaban J connectivity index is 1.99. The van der Waals surface area contributed by atoms with E-state index in [1.165, 1.54) is 12.1 Å². The molecule has 0 N–H and O–H groups in total. The van der Waals surface area contributed by atoms with Crippen LogP contribution in [0.1, 0.15) is 10.6 Å². The maximum Gasteiger partial charge on any atom is 0.124 e. The summed E-state index contributed by atoms with van der Waals surface area (Å²) >= 11 is 3.41. The first-order chi connectivity index (χ1) is 8.74. The molecule has 0 saturated heterocycles. The number of halogens is 1. The minimum Gasteiger partial charge on any atom is -0.276 e. The minimum atomic E-state index is -0.219. The number of thiazole rings is 1. The Hall–Kier alpha value is -1.20. The predicted molar refractivity (Wildman–Crippen MR) is 76.1 cm³/mol. The van der Waals surface area contributed by atoms with E-state index in [-0.39, 0.29) is 5.82 Å². The third kappa shape index (κ3) is 2.20. The molecule has 0 bridgehead atoms. The Morgan fingerprint density at radius 1 is 1.22 bits per heavy atom. The van der Waals surface area contributed by atoms with Crippen LogP contribution in [0, 0.1) is 12.7 Å². The molecule has 5 heteroatoms. The summed E-state index contributed by atoms with van der Waals surface area (Å²) in [6.45, 7) is 2.89. The zero-order chi connectivity index (χ0) is 12.5. The molecular formula is C13H11FN2S2. The van der Waals surface area contributed by atoms with E-state index >= 15 is 0 Å². The molecule has 0 saturated carbocycles. The fourth-order valence-corrected chi connectivity index (χ4v) is 3.90. The average Bonchev–Trinajstić information content (AvgIpc) is 2.99. The highest BCUT2D eigenvalue weighted by atomic mass is 32.2. The van der Waals surface area contributed by atoms with E-state index in [1.807, 2.05) is 6.92 Å². The Morgan fingerprint density at radius 3 is 2.67 bits per heavy atom. The van der Waals surface area contributed by atoms with E-state index in [0.717, 1.165) is 38.5 Å². The molecule has 0 aliphatic carbocycles. The van der Waals surface area contributed by atoms with E-state index in [9.17, 15) is 4.39 Å². The fourth-order valence-electron chi connectivity index (χ4n) is 1.78. The van der Waals surface area contributed by atoms with Crippen LogP contribution >= 0.6 is 23.1 Å². The summed E-state index contributed by atoms with van der Waals surface area (Å²) in [7, 11) is 0. The SMILES string of the molecule is Cc1nc(-c2ccc(F)cc2)sc1C1=NCCS1. The van der Waals surface area contributed by atoms with Crippen molar-refractivity contribution in [1.29, 1.82) is 0 Å². The van der Waals surface area contributed by atoms with Gasteiger partial charge in [0.05, 0.1) is 10.6 Å². The zero-order valence-electron chi connectivity index (χ0n) is 9.81. The molecule has 92 valence electrons. The lowest BCUT2D eigenvalue weighted by Gasteiger charge is -1.95. The fraction of sp³-hybridized carbons (Fsp3) is 0.231. The summed E-state index contributed by atoms with van der Waals surface area (Å²) in [6.07, 6.45) is 0. The molecule has 18 heavy (non-hydrogen) atoms. The van der Waals surface area contributed by atoms with Crippen molar-refractivity contribution in [2.45, 2.75) is 6.92 Å². The number of hydrogen-bond acceptors (Lipinski definition) is 4. The van der Waals surface area contributed by atoms with Gasteiger partial charge < -0.3 is 0 Å².